The van der Waals surface area contributed by atoms with Gasteiger partial charge in [0.2, 0.25) is 0 Å². The van der Waals surface area contributed by atoms with Crippen LogP contribution in [0.3, 0.4) is 0 Å². The molecule has 1 amide bonds. The number of thioether (sulfide) groups is 1. The molecular formula is C20H12BrNOS2. The third-order valence-corrected chi connectivity index (χ3v) is 5.82. The Hall–Kier alpha value is -1.95. The Morgan fingerprint density at radius 2 is 1.68 bits per heavy atom. The van der Waals surface area contributed by atoms with Gasteiger partial charge in [0.05, 0.1) is 10.6 Å². The summed E-state index contributed by atoms with van der Waals surface area (Å²) >= 11 is 10.2. The number of halogens is 1. The van der Waals surface area contributed by atoms with Gasteiger partial charge in [-0.05, 0) is 46.7 Å². The van der Waals surface area contributed by atoms with E-state index >= 15 is 0 Å². The molecule has 1 aliphatic rings. The highest BCUT2D eigenvalue weighted by Crippen LogP contribution is 2.37. The highest BCUT2D eigenvalue weighted by Gasteiger charge is 2.33. The van der Waals surface area contributed by atoms with Crippen molar-refractivity contribution in [2.24, 2.45) is 0 Å². The number of anilines is 1. The van der Waals surface area contributed by atoms with E-state index in [1.807, 2.05) is 54.6 Å². The van der Waals surface area contributed by atoms with Gasteiger partial charge in [-0.25, -0.2) is 0 Å². The van der Waals surface area contributed by atoms with Crippen LogP contribution in [0.4, 0.5) is 5.69 Å². The van der Waals surface area contributed by atoms with Crippen molar-refractivity contribution in [2.75, 3.05) is 4.90 Å². The molecule has 0 aliphatic carbocycles. The quantitative estimate of drug-likeness (QED) is 0.370. The predicted octanol–water partition coefficient (Wildman–Crippen LogP) is 6.01. The Labute approximate surface area is 163 Å². The van der Waals surface area contributed by atoms with E-state index in [1.54, 1.807) is 4.90 Å². The summed E-state index contributed by atoms with van der Waals surface area (Å²) in [5, 5.41) is 2.28. The van der Waals surface area contributed by atoms with Crippen LogP contribution >= 0.6 is 39.9 Å². The zero-order valence-corrected chi connectivity index (χ0v) is 16.2. The molecule has 0 spiro atoms. The molecule has 1 heterocycles. The fraction of sp³-hybridized carbons (Fsp3) is 0. The maximum Gasteiger partial charge on any atom is 0.270 e. The Morgan fingerprint density at radius 3 is 2.48 bits per heavy atom. The Bertz CT molecular complexity index is 1020. The van der Waals surface area contributed by atoms with Crippen LogP contribution in [-0.4, -0.2) is 10.2 Å². The Morgan fingerprint density at radius 1 is 0.960 bits per heavy atom. The van der Waals surface area contributed by atoms with Gasteiger partial charge in [0.1, 0.15) is 0 Å². The average molecular weight is 426 g/mol. The monoisotopic (exact) mass is 425 g/mol. The highest BCUT2D eigenvalue weighted by atomic mass is 79.9. The topological polar surface area (TPSA) is 20.3 Å². The van der Waals surface area contributed by atoms with E-state index < -0.39 is 0 Å². The number of carbonyl (C=O) groups is 1. The van der Waals surface area contributed by atoms with Gasteiger partial charge in [-0.15, -0.1) is 0 Å². The molecule has 0 unspecified atom stereocenters. The molecule has 5 heteroatoms. The SMILES string of the molecule is O=C1/C(=C/c2cccc3ccccc23)SC(=S)N1c1ccc(Br)cc1. The smallest absolute Gasteiger partial charge is 0.268 e. The van der Waals surface area contributed by atoms with Crippen molar-refractivity contribution in [1.82, 2.24) is 0 Å². The lowest BCUT2D eigenvalue weighted by atomic mass is 10.0. The van der Waals surface area contributed by atoms with Gasteiger partial charge in [0, 0.05) is 4.47 Å². The minimum absolute atomic E-state index is 0.0785. The molecule has 0 bridgehead atoms. The van der Waals surface area contributed by atoms with Gasteiger partial charge in [-0.3, -0.25) is 9.69 Å². The summed E-state index contributed by atoms with van der Waals surface area (Å²) in [7, 11) is 0. The van der Waals surface area contributed by atoms with E-state index in [4.69, 9.17) is 12.2 Å². The van der Waals surface area contributed by atoms with Crippen LogP contribution in [0.5, 0.6) is 0 Å². The molecule has 1 saturated heterocycles. The molecule has 0 saturated carbocycles. The summed E-state index contributed by atoms with van der Waals surface area (Å²) in [6.45, 7) is 0. The van der Waals surface area contributed by atoms with Crippen molar-refractivity contribution in [2.45, 2.75) is 0 Å². The molecule has 2 nitrogen and oxygen atoms in total. The summed E-state index contributed by atoms with van der Waals surface area (Å²) in [6, 6.07) is 21.8. The maximum atomic E-state index is 12.9. The first-order chi connectivity index (χ1) is 12.1. The van der Waals surface area contributed by atoms with Gasteiger partial charge in [0.25, 0.3) is 5.91 Å². The van der Waals surface area contributed by atoms with Crippen LogP contribution in [0.25, 0.3) is 16.8 Å². The van der Waals surface area contributed by atoms with Gasteiger partial charge in [-0.1, -0.05) is 82.4 Å². The Kier molecular flexibility index (Phi) is 4.46. The summed E-state index contributed by atoms with van der Waals surface area (Å²) in [5.74, 6) is -0.0785. The van der Waals surface area contributed by atoms with Crippen molar-refractivity contribution in [3.05, 3.63) is 81.7 Å². The highest BCUT2D eigenvalue weighted by molar-refractivity contribution is 9.10. The molecular weight excluding hydrogens is 414 g/mol. The van der Waals surface area contributed by atoms with Crippen LogP contribution in [-0.2, 0) is 4.79 Å². The number of thiocarbonyl (C=S) groups is 1. The molecule has 25 heavy (non-hydrogen) atoms. The number of hydrogen-bond acceptors (Lipinski definition) is 3. The van der Waals surface area contributed by atoms with Crippen LogP contribution in [0, 0.1) is 0 Å². The average Bonchev–Trinajstić information content (AvgIpc) is 2.90. The predicted molar refractivity (Wildman–Crippen MR) is 114 cm³/mol. The molecule has 0 radical (unpaired) electrons. The zero-order valence-electron chi connectivity index (χ0n) is 13.0. The van der Waals surface area contributed by atoms with E-state index in [1.165, 1.54) is 11.8 Å². The van der Waals surface area contributed by atoms with Crippen molar-refractivity contribution in [1.29, 1.82) is 0 Å². The first-order valence-corrected chi connectivity index (χ1v) is 9.66. The van der Waals surface area contributed by atoms with Gasteiger partial charge < -0.3 is 0 Å². The first kappa shape index (κ1) is 16.5. The molecule has 0 atom stereocenters. The van der Waals surface area contributed by atoms with E-state index in [0.717, 1.165) is 26.5 Å². The third-order valence-electron chi connectivity index (χ3n) is 3.99. The molecule has 1 aliphatic heterocycles. The number of nitrogens with zero attached hydrogens (tertiary/aromatic N) is 1. The largest absolute Gasteiger partial charge is 0.270 e. The van der Waals surface area contributed by atoms with E-state index in [-0.39, 0.29) is 5.91 Å². The molecule has 0 aromatic heterocycles. The minimum Gasteiger partial charge on any atom is -0.268 e. The lowest BCUT2D eigenvalue weighted by Crippen LogP contribution is -2.27. The fourth-order valence-corrected chi connectivity index (χ4v) is 4.35. The summed E-state index contributed by atoms with van der Waals surface area (Å²) in [4.78, 5) is 15.1. The standard InChI is InChI=1S/C20H12BrNOS2/c21-15-8-10-16(11-9-15)22-19(23)18(25-20(22)24)12-14-6-3-5-13-4-1-2-7-17(13)14/h1-12H/b18-12-. The lowest BCUT2D eigenvalue weighted by Gasteiger charge is -2.14. The van der Waals surface area contributed by atoms with Crippen molar-refractivity contribution < 1.29 is 4.79 Å². The van der Waals surface area contributed by atoms with Crippen LogP contribution in [0.15, 0.2) is 76.1 Å². The number of hydrogen-bond donors (Lipinski definition) is 0. The third kappa shape index (κ3) is 3.15. The number of rotatable bonds is 2. The molecule has 1 fully saturated rings. The van der Waals surface area contributed by atoms with Crippen molar-refractivity contribution >= 4 is 72.7 Å². The molecule has 0 N–H and O–H groups in total. The van der Waals surface area contributed by atoms with E-state index in [9.17, 15) is 4.79 Å². The fourth-order valence-electron chi connectivity index (χ4n) is 2.80. The zero-order chi connectivity index (χ0) is 17.4. The number of benzene rings is 3. The molecule has 4 rings (SSSR count). The first-order valence-electron chi connectivity index (χ1n) is 7.65. The van der Waals surface area contributed by atoms with Crippen molar-refractivity contribution in [3.63, 3.8) is 0 Å². The second-order valence-corrected chi connectivity index (χ2v) is 8.15. The molecule has 3 aromatic carbocycles. The van der Waals surface area contributed by atoms with Gasteiger partial charge in [-0.2, -0.15) is 0 Å². The van der Waals surface area contributed by atoms with Crippen LogP contribution in [0.1, 0.15) is 5.56 Å². The molecule has 122 valence electrons. The molecule has 3 aromatic rings. The number of amides is 1. The summed E-state index contributed by atoms with van der Waals surface area (Å²) in [5.41, 5.74) is 1.81. The summed E-state index contributed by atoms with van der Waals surface area (Å²) in [6.07, 6.45) is 1.93. The Balaban J connectivity index is 1.74. The van der Waals surface area contributed by atoms with Gasteiger partial charge >= 0.3 is 0 Å². The number of carbonyl (C=O) groups excluding carboxylic acids is 1. The van der Waals surface area contributed by atoms with Crippen LogP contribution in [0.2, 0.25) is 0 Å². The minimum atomic E-state index is -0.0785. The number of fused-ring (bicyclic) bond motifs is 1. The van der Waals surface area contributed by atoms with E-state index in [0.29, 0.717) is 9.23 Å². The normalized spacial score (nSPS) is 16.2. The van der Waals surface area contributed by atoms with E-state index in [2.05, 4.69) is 34.1 Å². The van der Waals surface area contributed by atoms with Gasteiger partial charge in [0.15, 0.2) is 4.32 Å². The lowest BCUT2D eigenvalue weighted by molar-refractivity contribution is -0.113. The second kappa shape index (κ2) is 6.75. The van der Waals surface area contributed by atoms with Crippen molar-refractivity contribution in [3.8, 4) is 0 Å². The second-order valence-electron chi connectivity index (χ2n) is 5.56. The summed E-state index contributed by atoms with van der Waals surface area (Å²) < 4.78 is 1.52. The van der Waals surface area contributed by atoms with Crippen LogP contribution < -0.4 is 4.90 Å². The maximum absolute atomic E-state index is 12.9.